The maximum atomic E-state index is 3.47. The van der Waals surface area contributed by atoms with Crippen LogP contribution in [0.1, 0.15) is 31.4 Å². The van der Waals surface area contributed by atoms with Gasteiger partial charge in [-0.15, -0.1) is 11.3 Å². The van der Waals surface area contributed by atoms with Crippen molar-refractivity contribution in [2.75, 3.05) is 7.05 Å². The van der Waals surface area contributed by atoms with Crippen LogP contribution in [0.15, 0.2) is 15.2 Å². The molecule has 1 aromatic rings. The third kappa shape index (κ3) is 2.57. The Kier molecular flexibility index (Phi) is 4.26. The lowest BCUT2D eigenvalue weighted by Gasteiger charge is -2.12. The summed E-state index contributed by atoms with van der Waals surface area (Å²) < 4.78 is 1.22. The fourth-order valence-electron chi connectivity index (χ4n) is 1.27. The highest BCUT2D eigenvalue weighted by Gasteiger charge is 2.08. The van der Waals surface area contributed by atoms with Crippen molar-refractivity contribution in [1.82, 2.24) is 5.32 Å². The molecule has 0 aliphatic carbocycles. The van der Waals surface area contributed by atoms with Crippen LogP contribution in [-0.2, 0) is 0 Å². The van der Waals surface area contributed by atoms with Crippen LogP contribution in [0, 0.1) is 0 Å². The summed E-state index contributed by atoms with van der Waals surface area (Å²) in [6, 6.07) is 2.72. The maximum absolute atomic E-state index is 3.47. The van der Waals surface area contributed by atoms with Gasteiger partial charge in [-0.1, -0.05) is 13.3 Å². The van der Waals surface area contributed by atoms with Gasteiger partial charge in [-0.05, 0) is 46.4 Å². The minimum atomic E-state index is 0.526. The molecular weight excluding hydrogens is 234 g/mol. The van der Waals surface area contributed by atoms with Crippen molar-refractivity contribution in [1.29, 1.82) is 0 Å². The molecule has 0 amide bonds. The fraction of sp³-hybridized carbons (Fsp3) is 0.556. The molecule has 0 aromatic carbocycles. The molecule has 1 aromatic heterocycles. The van der Waals surface area contributed by atoms with Crippen molar-refractivity contribution >= 4 is 27.3 Å². The second-order valence-electron chi connectivity index (χ2n) is 2.81. The van der Waals surface area contributed by atoms with E-state index in [1.807, 2.05) is 7.05 Å². The van der Waals surface area contributed by atoms with E-state index in [4.69, 9.17) is 0 Å². The van der Waals surface area contributed by atoms with Crippen molar-refractivity contribution < 1.29 is 0 Å². The van der Waals surface area contributed by atoms with Gasteiger partial charge in [0.2, 0.25) is 0 Å². The fourth-order valence-corrected chi connectivity index (χ4v) is 2.50. The summed E-state index contributed by atoms with van der Waals surface area (Å²) in [4.78, 5) is 0. The zero-order valence-corrected chi connectivity index (χ0v) is 9.83. The van der Waals surface area contributed by atoms with Crippen LogP contribution in [0.5, 0.6) is 0 Å². The van der Waals surface area contributed by atoms with Gasteiger partial charge >= 0.3 is 0 Å². The smallest absolute Gasteiger partial charge is 0.0701 e. The molecule has 1 atom stereocenters. The molecule has 0 aliphatic heterocycles. The molecule has 0 spiro atoms. The molecule has 1 nitrogen and oxygen atoms in total. The van der Waals surface area contributed by atoms with E-state index in [0.717, 1.165) is 0 Å². The second-order valence-corrected chi connectivity index (χ2v) is 5.10. The normalized spacial score (nSPS) is 13.2. The van der Waals surface area contributed by atoms with E-state index in [9.17, 15) is 0 Å². The third-order valence-corrected chi connectivity index (χ3v) is 3.44. The molecule has 12 heavy (non-hydrogen) atoms. The standard InChI is InChI=1S/C9H14BrNS/c1-3-4-8(11-2)7-5-9(10)12-6-7/h5-6,8,11H,3-4H2,1-2H3. The Balaban J connectivity index is 2.66. The number of hydrogen-bond donors (Lipinski definition) is 1. The molecule has 3 heteroatoms. The second kappa shape index (κ2) is 5.00. The average Bonchev–Trinajstić information content (AvgIpc) is 2.47. The summed E-state index contributed by atoms with van der Waals surface area (Å²) in [7, 11) is 2.02. The Morgan fingerprint density at radius 1 is 1.67 bits per heavy atom. The Morgan fingerprint density at radius 2 is 2.42 bits per heavy atom. The molecular formula is C9H14BrNS. The number of nitrogens with one attached hydrogen (secondary N) is 1. The van der Waals surface area contributed by atoms with Crippen molar-refractivity contribution in [3.05, 3.63) is 20.8 Å². The SMILES string of the molecule is CCCC(NC)c1csc(Br)c1. The largest absolute Gasteiger partial charge is 0.313 e. The van der Waals surface area contributed by atoms with Gasteiger partial charge in [-0.3, -0.25) is 0 Å². The molecule has 0 saturated carbocycles. The van der Waals surface area contributed by atoms with E-state index in [1.165, 1.54) is 22.2 Å². The molecule has 0 fully saturated rings. The zero-order chi connectivity index (χ0) is 8.97. The lowest BCUT2D eigenvalue weighted by Crippen LogP contribution is -2.14. The van der Waals surface area contributed by atoms with E-state index >= 15 is 0 Å². The predicted octanol–water partition coefficient (Wildman–Crippen LogP) is 3.57. The first-order valence-electron chi connectivity index (χ1n) is 4.19. The number of hydrogen-bond acceptors (Lipinski definition) is 2. The monoisotopic (exact) mass is 247 g/mol. The van der Waals surface area contributed by atoms with Crippen LogP contribution in [0.2, 0.25) is 0 Å². The van der Waals surface area contributed by atoms with E-state index in [1.54, 1.807) is 11.3 Å². The number of rotatable bonds is 4. The highest BCUT2D eigenvalue weighted by molar-refractivity contribution is 9.11. The highest BCUT2D eigenvalue weighted by Crippen LogP contribution is 2.27. The quantitative estimate of drug-likeness (QED) is 0.858. The van der Waals surface area contributed by atoms with Crippen LogP contribution in [0.25, 0.3) is 0 Å². The van der Waals surface area contributed by atoms with Crippen molar-refractivity contribution in [2.45, 2.75) is 25.8 Å². The molecule has 0 saturated heterocycles. The van der Waals surface area contributed by atoms with E-state index in [2.05, 4.69) is 39.6 Å². The van der Waals surface area contributed by atoms with Gasteiger partial charge in [0.1, 0.15) is 0 Å². The molecule has 1 unspecified atom stereocenters. The number of thiophene rings is 1. The summed E-state index contributed by atoms with van der Waals surface area (Å²) >= 11 is 5.22. The minimum absolute atomic E-state index is 0.526. The summed E-state index contributed by atoms with van der Waals surface area (Å²) in [5, 5.41) is 5.53. The van der Waals surface area contributed by atoms with Crippen molar-refractivity contribution in [2.24, 2.45) is 0 Å². The maximum Gasteiger partial charge on any atom is 0.0701 e. The molecule has 1 N–H and O–H groups in total. The Bertz CT molecular complexity index is 234. The van der Waals surface area contributed by atoms with E-state index in [0.29, 0.717) is 6.04 Å². The Labute approximate surface area is 86.3 Å². The van der Waals surface area contributed by atoms with Crippen LogP contribution in [-0.4, -0.2) is 7.05 Å². The first-order chi connectivity index (χ1) is 5.77. The summed E-state index contributed by atoms with van der Waals surface area (Å²) in [5.74, 6) is 0. The molecule has 68 valence electrons. The van der Waals surface area contributed by atoms with Crippen LogP contribution >= 0.6 is 27.3 Å². The van der Waals surface area contributed by atoms with Crippen molar-refractivity contribution in [3.63, 3.8) is 0 Å². The number of halogens is 1. The van der Waals surface area contributed by atoms with Gasteiger partial charge < -0.3 is 5.32 Å². The van der Waals surface area contributed by atoms with Gasteiger partial charge in [0.15, 0.2) is 0 Å². The van der Waals surface area contributed by atoms with E-state index < -0.39 is 0 Å². The van der Waals surface area contributed by atoms with Gasteiger partial charge in [0.25, 0.3) is 0 Å². The lowest BCUT2D eigenvalue weighted by atomic mass is 10.1. The van der Waals surface area contributed by atoms with Gasteiger partial charge in [-0.25, -0.2) is 0 Å². The topological polar surface area (TPSA) is 12.0 Å². The zero-order valence-electron chi connectivity index (χ0n) is 7.43. The lowest BCUT2D eigenvalue weighted by molar-refractivity contribution is 0.543. The van der Waals surface area contributed by atoms with Gasteiger partial charge in [-0.2, -0.15) is 0 Å². The minimum Gasteiger partial charge on any atom is -0.313 e. The molecule has 1 heterocycles. The summed E-state index contributed by atoms with van der Waals surface area (Å²) in [6.45, 7) is 2.21. The molecule has 0 radical (unpaired) electrons. The molecule has 0 aliphatic rings. The van der Waals surface area contributed by atoms with Crippen LogP contribution in [0.3, 0.4) is 0 Å². The van der Waals surface area contributed by atoms with Crippen LogP contribution in [0.4, 0.5) is 0 Å². The Hall–Kier alpha value is 0.140. The summed E-state index contributed by atoms with van der Waals surface area (Å²) in [6.07, 6.45) is 2.43. The summed E-state index contributed by atoms with van der Waals surface area (Å²) in [5.41, 5.74) is 1.40. The Morgan fingerprint density at radius 3 is 2.83 bits per heavy atom. The van der Waals surface area contributed by atoms with Gasteiger partial charge in [0, 0.05) is 6.04 Å². The third-order valence-electron chi connectivity index (χ3n) is 1.92. The first-order valence-corrected chi connectivity index (χ1v) is 5.86. The molecule has 1 rings (SSSR count). The van der Waals surface area contributed by atoms with Crippen molar-refractivity contribution in [3.8, 4) is 0 Å². The highest BCUT2D eigenvalue weighted by atomic mass is 79.9. The van der Waals surface area contributed by atoms with Gasteiger partial charge in [0.05, 0.1) is 3.79 Å². The van der Waals surface area contributed by atoms with E-state index in [-0.39, 0.29) is 0 Å². The molecule has 0 bridgehead atoms. The van der Waals surface area contributed by atoms with Crippen LogP contribution < -0.4 is 5.32 Å². The first kappa shape index (κ1) is 10.2. The predicted molar refractivity (Wildman–Crippen MR) is 58.7 cm³/mol. The average molecular weight is 248 g/mol.